The highest BCUT2D eigenvalue weighted by Gasteiger charge is 2.11. The Morgan fingerprint density at radius 3 is 2.35 bits per heavy atom. The number of fused-ring (bicyclic) bond motifs is 6. The molecular formula is C22H16O. The summed E-state index contributed by atoms with van der Waals surface area (Å²) in [6.07, 6.45) is 1.03. The first kappa shape index (κ1) is 12.7. The van der Waals surface area contributed by atoms with Gasteiger partial charge in [0, 0.05) is 10.8 Å². The fraction of sp³-hybridized carbons (Fsp3) is 0.0909. The topological polar surface area (TPSA) is 13.1 Å². The highest BCUT2D eigenvalue weighted by atomic mass is 16.3. The summed E-state index contributed by atoms with van der Waals surface area (Å²) in [4.78, 5) is 0. The lowest BCUT2D eigenvalue weighted by Crippen LogP contribution is -1.79. The molecule has 23 heavy (non-hydrogen) atoms. The quantitative estimate of drug-likeness (QED) is 0.324. The van der Waals surface area contributed by atoms with Crippen molar-refractivity contribution in [3.63, 3.8) is 0 Å². The molecule has 1 nitrogen and oxygen atoms in total. The Labute approximate surface area is 134 Å². The molecule has 110 valence electrons. The summed E-state index contributed by atoms with van der Waals surface area (Å²) in [5, 5.41) is 7.51. The van der Waals surface area contributed by atoms with Crippen LogP contribution in [0.25, 0.3) is 43.5 Å². The number of hydrogen-bond donors (Lipinski definition) is 0. The summed E-state index contributed by atoms with van der Waals surface area (Å²) in [5.41, 5.74) is 3.27. The van der Waals surface area contributed by atoms with E-state index < -0.39 is 0 Å². The zero-order chi connectivity index (χ0) is 15.4. The van der Waals surface area contributed by atoms with Crippen LogP contribution in [0.5, 0.6) is 0 Å². The second kappa shape index (κ2) is 4.60. The van der Waals surface area contributed by atoms with Crippen molar-refractivity contribution in [3.8, 4) is 0 Å². The molecule has 0 N–H and O–H groups in total. The predicted octanol–water partition coefficient (Wildman–Crippen LogP) is 6.45. The maximum atomic E-state index is 6.12. The number of benzene rings is 4. The third-order valence-electron chi connectivity index (χ3n) is 4.79. The lowest BCUT2D eigenvalue weighted by Gasteiger charge is -2.03. The van der Waals surface area contributed by atoms with Crippen LogP contribution in [-0.4, -0.2) is 0 Å². The van der Waals surface area contributed by atoms with E-state index in [2.05, 4.69) is 73.7 Å². The molecular weight excluding hydrogens is 280 g/mol. The standard InChI is InChI=1S/C22H16O/c1-2-14-7-9-18-21(11-14)23-20-10-8-17-12-15-5-3-4-6-16(15)13-19(17)22(18)20/h3-13H,2H2,1H3. The number of furan rings is 1. The van der Waals surface area contributed by atoms with Gasteiger partial charge in [-0.1, -0.05) is 49.4 Å². The number of hydrogen-bond acceptors (Lipinski definition) is 1. The van der Waals surface area contributed by atoms with Crippen LogP contribution in [0.3, 0.4) is 0 Å². The van der Waals surface area contributed by atoms with Gasteiger partial charge in [-0.05, 0) is 57.8 Å². The van der Waals surface area contributed by atoms with Gasteiger partial charge in [-0.3, -0.25) is 0 Å². The Morgan fingerprint density at radius 2 is 1.52 bits per heavy atom. The minimum absolute atomic E-state index is 0.969. The Balaban J connectivity index is 1.98. The molecule has 0 radical (unpaired) electrons. The summed E-state index contributed by atoms with van der Waals surface area (Å²) in [6.45, 7) is 2.17. The van der Waals surface area contributed by atoms with Crippen LogP contribution in [0.4, 0.5) is 0 Å². The van der Waals surface area contributed by atoms with Crippen molar-refractivity contribution in [1.82, 2.24) is 0 Å². The molecule has 0 atom stereocenters. The first-order chi connectivity index (χ1) is 11.3. The molecule has 0 saturated carbocycles. The molecule has 5 aromatic rings. The van der Waals surface area contributed by atoms with E-state index in [1.807, 2.05) is 0 Å². The fourth-order valence-corrected chi connectivity index (χ4v) is 3.55. The van der Waals surface area contributed by atoms with Gasteiger partial charge in [-0.15, -0.1) is 0 Å². The van der Waals surface area contributed by atoms with E-state index in [9.17, 15) is 0 Å². The molecule has 5 rings (SSSR count). The monoisotopic (exact) mass is 296 g/mol. The van der Waals surface area contributed by atoms with E-state index >= 15 is 0 Å². The lowest BCUT2D eigenvalue weighted by atomic mass is 9.99. The summed E-state index contributed by atoms with van der Waals surface area (Å²) >= 11 is 0. The summed E-state index contributed by atoms with van der Waals surface area (Å²) in [6, 6.07) is 23.9. The molecule has 0 aliphatic rings. The highest BCUT2D eigenvalue weighted by Crippen LogP contribution is 2.36. The predicted molar refractivity (Wildman–Crippen MR) is 98.1 cm³/mol. The Hall–Kier alpha value is -2.80. The maximum Gasteiger partial charge on any atom is 0.136 e. The molecule has 1 aromatic heterocycles. The van der Waals surface area contributed by atoms with Crippen LogP contribution >= 0.6 is 0 Å². The lowest BCUT2D eigenvalue weighted by molar-refractivity contribution is 0.668. The van der Waals surface area contributed by atoms with Crippen LogP contribution in [0.1, 0.15) is 12.5 Å². The third-order valence-corrected chi connectivity index (χ3v) is 4.79. The van der Waals surface area contributed by atoms with Crippen LogP contribution in [-0.2, 0) is 6.42 Å². The molecule has 0 aliphatic heterocycles. The second-order valence-electron chi connectivity index (χ2n) is 6.15. The van der Waals surface area contributed by atoms with Gasteiger partial charge < -0.3 is 4.42 Å². The van der Waals surface area contributed by atoms with Crippen molar-refractivity contribution in [2.24, 2.45) is 0 Å². The normalized spacial score (nSPS) is 11.9. The molecule has 1 heteroatoms. The van der Waals surface area contributed by atoms with Crippen molar-refractivity contribution in [2.75, 3.05) is 0 Å². The van der Waals surface area contributed by atoms with E-state index in [0.29, 0.717) is 0 Å². The molecule has 0 bridgehead atoms. The van der Waals surface area contributed by atoms with Crippen LogP contribution in [0.15, 0.2) is 71.1 Å². The molecule has 1 heterocycles. The van der Waals surface area contributed by atoms with E-state index in [4.69, 9.17) is 4.42 Å². The van der Waals surface area contributed by atoms with Gasteiger partial charge in [0.15, 0.2) is 0 Å². The average molecular weight is 296 g/mol. The van der Waals surface area contributed by atoms with E-state index in [0.717, 1.165) is 17.6 Å². The Kier molecular flexibility index (Phi) is 2.54. The van der Waals surface area contributed by atoms with Crippen molar-refractivity contribution in [3.05, 3.63) is 72.3 Å². The summed E-state index contributed by atoms with van der Waals surface area (Å²) in [7, 11) is 0. The molecule has 0 saturated heterocycles. The highest BCUT2D eigenvalue weighted by molar-refractivity contribution is 6.20. The zero-order valence-electron chi connectivity index (χ0n) is 13.0. The summed E-state index contributed by atoms with van der Waals surface area (Å²) < 4.78 is 6.12. The van der Waals surface area contributed by atoms with Crippen molar-refractivity contribution in [1.29, 1.82) is 0 Å². The summed E-state index contributed by atoms with van der Waals surface area (Å²) in [5.74, 6) is 0. The van der Waals surface area contributed by atoms with Gasteiger partial charge in [0.1, 0.15) is 11.2 Å². The molecule has 0 unspecified atom stereocenters. The minimum Gasteiger partial charge on any atom is -0.456 e. The SMILES string of the molecule is CCc1ccc2c(c1)oc1ccc3cc4ccccc4cc3c12. The fourth-order valence-electron chi connectivity index (χ4n) is 3.55. The smallest absolute Gasteiger partial charge is 0.136 e. The van der Waals surface area contributed by atoms with Gasteiger partial charge >= 0.3 is 0 Å². The third kappa shape index (κ3) is 1.80. The van der Waals surface area contributed by atoms with Crippen molar-refractivity contribution < 1.29 is 4.42 Å². The first-order valence-electron chi connectivity index (χ1n) is 8.10. The second-order valence-corrected chi connectivity index (χ2v) is 6.15. The van der Waals surface area contributed by atoms with E-state index in [1.165, 1.54) is 37.9 Å². The molecule has 4 aromatic carbocycles. The molecule has 0 amide bonds. The van der Waals surface area contributed by atoms with Gasteiger partial charge in [0.05, 0.1) is 0 Å². The number of rotatable bonds is 1. The van der Waals surface area contributed by atoms with E-state index in [1.54, 1.807) is 0 Å². The van der Waals surface area contributed by atoms with E-state index in [-0.39, 0.29) is 0 Å². The van der Waals surface area contributed by atoms with Crippen molar-refractivity contribution in [2.45, 2.75) is 13.3 Å². The molecule has 0 aliphatic carbocycles. The largest absolute Gasteiger partial charge is 0.456 e. The first-order valence-corrected chi connectivity index (χ1v) is 8.10. The Morgan fingerprint density at radius 1 is 0.696 bits per heavy atom. The van der Waals surface area contributed by atoms with Crippen LogP contribution in [0.2, 0.25) is 0 Å². The zero-order valence-corrected chi connectivity index (χ0v) is 13.0. The molecule has 0 fully saturated rings. The van der Waals surface area contributed by atoms with Crippen molar-refractivity contribution >= 4 is 43.5 Å². The minimum atomic E-state index is 0.969. The maximum absolute atomic E-state index is 6.12. The van der Waals surface area contributed by atoms with Gasteiger partial charge in [-0.25, -0.2) is 0 Å². The van der Waals surface area contributed by atoms with Gasteiger partial charge in [-0.2, -0.15) is 0 Å². The van der Waals surface area contributed by atoms with Crippen LogP contribution < -0.4 is 0 Å². The van der Waals surface area contributed by atoms with Gasteiger partial charge in [0.25, 0.3) is 0 Å². The van der Waals surface area contributed by atoms with Gasteiger partial charge in [0.2, 0.25) is 0 Å². The Bertz CT molecular complexity index is 1190. The number of aryl methyl sites for hydroxylation is 1. The molecule has 0 spiro atoms. The van der Waals surface area contributed by atoms with Crippen LogP contribution in [0, 0.1) is 0 Å². The average Bonchev–Trinajstić information content (AvgIpc) is 2.97.